The molecule has 1 atom stereocenters. The van der Waals surface area contributed by atoms with Crippen molar-refractivity contribution in [3.05, 3.63) is 29.6 Å². The van der Waals surface area contributed by atoms with Crippen LogP contribution in [0.1, 0.15) is 18.4 Å². The van der Waals surface area contributed by atoms with Crippen molar-refractivity contribution >= 4 is 10.0 Å². The number of piperidine rings is 1. The highest BCUT2D eigenvalue weighted by Crippen LogP contribution is 2.17. The number of hydrogen-bond acceptors (Lipinski definition) is 3. The van der Waals surface area contributed by atoms with Crippen LogP contribution in [0.4, 0.5) is 4.39 Å². The topological polar surface area (TPSA) is 58.2 Å². The first kappa shape index (κ1) is 13.5. The summed E-state index contributed by atoms with van der Waals surface area (Å²) >= 11 is 0. The van der Waals surface area contributed by atoms with Gasteiger partial charge in [0.1, 0.15) is 10.7 Å². The van der Waals surface area contributed by atoms with Crippen LogP contribution in [0.2, 0.25) is 0 Å². The molecule has 2 N–H and O–H groups in total. The molecule has 0 saturated carbocycles. The van der Waals surface area contributed by atoms with E-state index >= 15 is 0 Å². The number of benzene rings is 1. The lowest BCUT2D eigenvalue weighted by molar-refractivity contribution is 0.427. The Morgan fingerprint density at radius 3 is 2.89 bits per heavy atom. The first-order valence-electron chi connectivity index (χ1n) is 5.98. The molecule has 1 aromatic carbocycles. The van der Waals surface area contributed by atoms with Gasteiger partial charge in [-0.15, -0.1) is 0 Å². The molecule has 6 heteroatoms. The van der Waals surface area contributed by atoms with Crippen molar-refractivity contribution < 1.29 is 12.8 Å². The molecule has 1 heterocycles. The summed E-state index contributed by atoms with van der Waals surface area (Å²) in [5.74, 6) is -0.711. The Labute approximate surface area is 107 Å². The summed E-state index contributed by atoms with van der Waals surface area (Å²) in [5, 5.41) is 3.11. The van der Waals surface area contributed by atoms with Gasteiger partial charge < -0.3 is 5.32 Å². The molecule has 0 radical (unpaired) electrons. The zero-order chi connectivity index (χ0) is 13.2. The lowest BCUT2D eigenvalue weighted by atomic mass is 10.1. The van der Waals surface area contributed by atoms with E-state index in [0.717, 1.165) is 24.9 Å². The van der Waals surface area contributed by atoms with E-state index in [1.165, 1.54) is 12.1 Å². The van der Waals surface area contributed by atoms with Crippen LogP contribution in [0.15, 0.2) is 23.1 Å². The van der Waals surface area contributed by atoms with Crippen LogP contribution < -0.4 is 10.0 Å². The predicted octanol–water partition coefficient (Wildman–Crippen LogP) is 1.16. The molecule has 100 valence electrons. The fourth-order valence-corrected chi connectivity index (χ4v) is 3.48. The molecule has 0 aromatic heterocycles. The third-order valence-corrected chi connectivity index (χ3v) is 4.53. The molecule has 1 aliphatic heterocycles. The van der Waals surface area contributed by atoms with Gasteiger partial charge in [-0.25, -0.2) is 17.5 Å². The van der Waals surface area contributed by atoms with Gasteiger partial charge in [0.2, 0.25) is 10.0 Å². The second-order valence-corrected chi connectivity index (χ2v) is 6.28. The van der Waals surface area contributed by atoms with Gasteiger partial charge >= 0.3 is 0 Å². The number of nitrogens with one attached hydrogen (secondary N) is 2. The molecule has 0 unspecified atom stereocenters. The average molecular weight is 272 g/mol. The Morgan fingerprint density at radius 1 is 1.44 bits per heavy atom. The van der Waals surface area contributed by atoms with E-state index in [1.807, 2.05) is 0 Å². The third kappa shape index (κ3) is 3.07. The van der Waals surface area contributed by atoms with Gasteiger partial charge in [0.15, 0.2) is 0 Å². The summed E-state index contributed by atoms with van der Waals surface area (Å²) in [6.45, 7) is 3.23. The summed E-state index contributed by atoms with van der Waals surface area (Å²) in [7, 11) is -3.78. The second-order valence-electron chi connectivity index (χ2n) is 4.60. The maximum atomic E-state index is 13.6. The Kier molecular flexibility index (Phi) is 3.99. The zero-order valence-corrected chi connectivity index (χ0v) is 11.1. The van der Waals surface area contributed by atoms with Crippen molar-refractivity contribution in [2.24, 2.45) is 0 Å². The molecule has 1 fully saturated rings. The van der Waals surface area contributed by atoms with Gasteiger partial charge in [-0.2, -0.15) is 0 Å². The Balaban J connectivity index is 2.21. The fraction of sp³-hybridized carbons (Fsp3) is 0.500. The van der Waals surface area contributed by atoms with Crippen LogP contribution >= 0.6 is 0 Å². The van der Waals surface area contributed by atoms with Gasteiger partial charge in [0.25, 0.3) is 0 Å². The molecular formula is C12H17FN2O2S. The quantitative estimate of drug-likeness (QED) is 0.868. The molecule has 1 aliphatic rings. The van der Waals surface area contributed by atoms with Crippen molar-refractivity contribution in [3.63, 3.8) is 0 Å². The first-order chi connectivity index (χ1) is 8.49. The summed E-state index contributed by atoms with van der Waals surface area (Å²) in [6, 6.07) is 3.93. The molecule has 4 nitrogen and oxygen atoms in total. The van der Waals surface area contributed by atoms with Crippen molar-refractivity contribution in [3.8, 4) is 0 Å². The molecule has 2 rings (SSSR count). The van der Waals surface area contributed by atoms with Gasteiger partial charge in [-0.1, -0.05) is 6.07 Å². The predicted molar refractivity (Wildman–Crippen MR) is 67.4 cm³/mol. The molecule has 0 aliphatic carbocycles. The van der Waals surface area contributed by atoms with Crippen molar-refractivity contribution in [2.45, 2.75) is 30.7 Å². The molecule has 1 saturated heterocycles. The molecule has 0 bridgehead atoms. The van der Waals surface area contributed by atoms with E-state index in [9.17, 15) is 12.8 Å². The average Bonchev–Trinajstić information content (AvgIpc) is 2.33. The molecular weight excluding hydrogens is 255 g/mol. The van der Waals surface area contributed by atoms with Crippen LogP contribution in [0.25, 0.3) is 0 Å². The standard InChI is InChI=1S/C12H17FN2O2S/c1-9-4-5-11(13)12(7-9)18(16,17)15-10-3-2-6-14-8-10/h4-5,7,10,14-15H,2-3,6,8H2,1H3/t10-/m1/s1. The van der Waals surface area contributed by atoms with E-state index in [-0.39, 0.29) is 10.9 Å². The summed E-state index contributed by atoms with van der Waals surface area (Å²) in [6.07, 6.45) is 1.70. The summed E-state index contributed by atoms with van der Waals surface area (Å²) < 4.78 is 40.3. The van der Waals surface area contributed by atoms with E-state index in [0.29, 0.717) is 6.54 Å². The fourth-order valence-electron chi connectivity index (χ4n) is 2.05. The van der Waals surface area contributed by atoms with Crippen LogP contribution in [0.3, 0.4) is 0 Å². The maximum Gasteiger partial charge on any atom is 0.243 e. The van der Waals surface area contributed by atoms with Gasteiger partial charge in [-0.3, -0.25) is 0 Å². The van der Waals surface area contributed by atoms with Gasteiger partial charge in [-0.05, 0) is 44.0 Å². The number of halogens is 1. The minimum atomic E-state index is -3.78. The lowest BCUT2D eigenvalue weighted by Crippen LogP contribution is -2.45. The largest absolute Gasteiger partial charge is 0.315 e. The first-order valence-corrected chi connectivity index (χ1v) is 7.46. The third-order valence-electron chi connectivity index (χ3n) is 2.99. The summed E-state index contributed by atoms with van der Waals surface area (Å²) in [4.78, 5) is -0.270. The smallest absolute Gasteiger partial charge is 0.243 e. The van der Waals surface area contributed by atoms with Crippen LogP contribution in [-0.4, -0.2) is 27.5 Å². The van der Waals surface area contributed by atoms with Crippen LogP contribution in [0.5, 0.6) is 0 Å². The minimum Gasteiger partial charge on any atom is -0.315 e. The van der Waals surface area contributed by atoms with Crippen molar-refractivity contribution in [2.75, 3.05) is 13.1 Å². The van der Waals surface area contributed by atoms with Gasteiger partial charge in [0, 0.05) is 12.6 Å². The Hall–Kier alpha value is -0.980. The highest BCUT2D eigenvalue weighted by molar-refractivity contribution is 7.89. The number of aryl methyl sites for hydroxylation is 1. The zero-order valence-electron chi connectivity index (χ0n) is 10.2. The number of rotatable bonds is 3. The van der Waals surface area contributed by atoms with Crippen molar-refractivity contribution in [1.82, 2.24) is 10.0 Å². The van der Waals surface area contributed by atoms with Crippen LogP contribution in [-0.2, 0) is 10.0 Å². The van der Waals surface area contributed by atoms with E-state index < -0.39 is 15.8 Å². The normalized spacial score (nSPS) is 20.9. The minimum absolute atomic E-state index is 0.163. The van der Waals surface area contributed by atoms with E-state index in [2.05, 4.69) is 10.0 Å². The van der Waals surface area contributed by atoms with Crippen LogP contribution in [0, 0.1) is 12.7 Å². The number of sulfonamides is 1. The van der Waals surface area contributed by atoms with Gasteiger partial charge in [0.05, 0.1) is 0 Å². The number of hydrogen-bond donors (Lipinski definition) is 2. The Morgan fingerprint density at radius 2 is 2.22 bits per heavy atom. The molecule has 0 amide bonds. The highest BCUT2D eigenvalue weighted by Gasteiger charge is 2.24. The molecule has 0 spiro atoms. The maximum absolute atomic E-state index is 13.6. The van der Waals surface area contributed by atoms with E-state index in [1.54, 1.807) is 13.0 Å². The monoisotopic (exact) mass is 272 g/mol. The highest BCUT2D eigenvalue weighted by atomic mass is 32.2. The van der Waals surface area contributed by atoms with Crippen molar-refractivity contribution in [1.29, 1.82) is 0 Å². The molecule has 1 aromatic rings. The van der Waals surface area contributed by atoms with E-state index in [4.69, 9.17) is 0 Å². The SMILES string of the molecule is Cc1ccc(F)c(S(=O)(=O)N[C@@H]2CCCNC2)c1. The second kappa shape index (κ2) is 5.34. The summed E-state index contributed by atoms with van der Waals surface area (Å²) in [5.41, 5.74) is 0.721. The lowest BCUT2D eigenvalue weighted by Gasteiger charge is -2.23. The molecule has 18 heavy (non-hydrogen) atoms. The Bertz CT molecular complexity index is 525.